The molecule has 2 heterocycles. The van der Waals surface area contributed by atoms with Crippen molar-refractivity contribution in [2.75, 3.05) is 6.54 Å². The highest BCUT2D eigenvalue weighted by Gasteiger charge is 2.50. The van der Waals surface area contributed by atoms with E-state index in [0.29, 0.717) is 5.76 Å². The molecule has 1 aromatic carbocycles. The SMILES string of the molecule is CC1(c2ccco2)NC(=O)N(C/C=C/c2ccccc2)C1=O. The predicted octanol–water partition coefficient (Wildman–Crippen LogP) is 2.76. The number of furan rings is 1. The number of hydrogen-bond donors (Lipinski definition) is 1. The normalized spacial score (nSPS) is 21.6. The summed E-state index contributed by atoms with van der Waals surface area (Å²) in [5.41, 5.74) is -0.121. The van der Waals surface area contributed by atoms with Gasteiger partial charge in [0.2, 0.25) is 0 Å². The maximum absolute atomic E-state index is 12.5. The molecular formula is C17H16N2O3. The molecule has 1 aliphatic rings. The molecule has 3 amide bonds. The van der Waals surface area contributed by atoms with Crippen molar-refractivity contribution < 1.29 is 14.0 Å². The van der Waals surface area contributed by atoms with E-state index in [4.69, 9.17) is 4.42 Å². The number of urea groups is 1. The van der Waals surface area contributed by atoms with Gasteiger partial charge in [-0.2, -0.15) is 0 Å². The number of rotatable bonds is 4. The molecule has 0 radical (unpaired) electrons. The molecule has 1 aromatic heterocycles. The van der Waals surface area contributed by atoms with Crippen LogP contribution in [0.4, 0.5) is 4.79 Å². The van der Waals surface area contributed by atoms with Crippen LogP contribution in [0, 0.1) is 0 Å². The van der Waals surface area contributed by atoms with Crippen molar-refractivity contribution >= 4 is 18.0 Å². The Bertz CT molecular complexity index is 707. The lowest BCUT2D eigenvalue weighted by Crippen LogP contribution is -2.40. The Morgan fingerprint density at radius 2 is 1.95 bits per heavy atom. The summed E-state index contributed by atoms with van der Waals surface area (Å²) in [6, 6.07) is 12.7. The molecule has 0 saturated carbocycles. The molecule has 1 atom stereocenters. The van der Waals surface area contributed by atoms with E-state index in [9.17, 15) is 9.59 Å². The van der Waals surface area contributed by atoms with Crippen molar-refractivity contribution in [3.05, 3.63) is 66.1 Å². The van der Waals surface area contributed by atoms with Crippen LogP contribution in [0.25, 0.3) is 6.08 Å². The Morgan fingerprint density at radius 1 is 1.18 bits per heavy atom. The molecule has 1 saturated heterocycles. The van der Waals surface area contributed by atoms with Crippen LogP contribution in [0.3, 0.4) is 0 Å². The second kappa shape index (κ2) is 5.52. The molecule has 1 N–H and O–H groups in total. The van der Waals surface area contributed by atoms with Gasteiger partial charge in [-0.3, -0.25) is 9.69 Å². The van der Waals surface area contributed by atoms with Crippen molar-refractivity contribution in [2.45, 2.75) is 12.5 Å². The fraction of sp³-hybridized carbons (Fsp3) is 0.176. The van der Waals surface area contributed by atoms with Gasteiger partial charge in [0.25, 0.3) is 5.91 Å². The Labute approximate surface area is 128 Å². The van der Waals surface area contributed by atoms with Gasteiger partial charge in [-0.1, -0.05) is 42.5 Å². The predicted molar refractivity (Wildman–Crippen MR) is 81.8 cm³/mol. The second-order valence-corrected chi connectivity index (χ2v) is 5.26. The fourth-order valence-electron chi connectivity index (χ4n) is 2.45. The van der Waals surface area contributed by atoms with Gasteiger partial charge in [-0.05, 0) is 24.6 Å². The molecule has 1 aliphatic heterocycles. The molecule has 5 heteroatoms. The molecule has 0 aliphatic carbocycles. The number of imide groups is 1. The van der Waals surface area contributed by atoms with Gasteiger partial charge in [-0.15, -0.1) is 0 Å². The third kappa shape index (κ3) is 2.41. The first kappa shape index (κ1) is 14.1. The average molecular weight is 296 g/mol. The topological polar surface area (TPSA) is 62.6 Å². The summed E-state index contributed by atoms with van der Waals surface area (Å²) in [5, 5.41) is 2.69. The van der Waals surface area contributed by atoms with Gasteiger partial charge >= 0.3 is 6.03 Å². The maximum atomic E-state index is 12.5. The van der Waals surface area contributed by atoms with Crippen molar-refractivity contribution in [1.29, 1.82) is 0 Å². The average Bonchev–Trinajstić information content (AvgIpc) is 3.12. The van der Waals surface area contributed by atoms with E-state index in [0.717, 1.165) is 5.56 Å². The molecule has 1 unspecified atom stereocenters. The Morgan fingerprint density at radius 3 is 2.64 bits per heavy atom. The third-order valence-corrected chi connectivity index (χ3v) is 3.69. The lowest BCUT2D eigenvalue weighted by atomic mass is 9.99. The Balaban J connectivity index is 1.74. The Kier molecular flexibility index (Phi) is 3.55. The molecule has 2 aromatic rings. The van der Waals surface area contributed by atoms with E-state index in [1.165, 1.54) is 11.2 Å². The first-order valence-corrected chi connectivity index (χ1v) is 7.01. The van der Waals surface area contributed by atoms with E-state index in [2.05, 4.69) is 5.32 Å². The summed E-state index contributed by atoms with van der Waals surface area (Å²) in [4.78, 5) is 25.8. The summed E-state index contributed by atoms with van der Waals surface area (Å²) in [7, 11) is 0. The zero-order chi connectivity index (χ0) is 15.6. The molecule has 5 nitrogen and oxygen atoms in total. The highest BCUT2D eigenvalue weighted by molar-refractivity contribution is 6.07. The van der Waals surface area contributed by atoms with Gasteiger partial charge in [0.05, 0.1) is 6.26 Å². The third-order valence-electron chi connectivity index (χ3n) is 3.69. The summed E-state index contributed by atoms with van der Waals surface area (Å²) in [6.07, 6.45) is 5.15. The highest BCUT2D eigenvalue weighted by atomic mass is 16.3. The number of carbonyl (C=O) groups is 2. The number of benzene rings is 1. The van der Waals surface area contributed by atoms with Crippen LogP contribution < -0.4 is 5.32 Å². The molecule has 22 heavy (non-hydrogen) atoms. The van der Waals surface area contributed by atoms with Gasteiger partial charge in [0.1, 0.15) is 5.76 Å². The van der Waals surface area contributed by atoms with Crippen molar-refractivity contribution in [1.82, 2.24) is 10.2 Å². The molecule has 0 bridgehead atoms. The summed E-state index contributed by atoms with van der Waals surface area (Å²) in [6.45, 7) is 1.86. The van der Waals surface area contributed by atoms with Gasteiger partial charge < -0.3 is 9.73 Å². The lowest BCUT2D eigenvalue weighted by Gasteiger charge is -2.18. The largest absolute Gasteiger partial charge is 0.466 e. The number of nitrogens with zero attached hydrogens (tertiary/aromatic N) is 1. The van der Waals surface area contributed by atoms with E-state index < -0.39 is 11.6 Å². The molecule has 0 spiro atoms. The maximum Gasteiger partial charge on any atom is 0.325 e. The second-order valence-electron chi connectivity index (χ2n) is 5.26. The monoisotopic (exact) mass is 296 g/mol. The summed E-state index contributed by atoms with van der Waals surface area (Å²) in [5.74, 6) is 0.116. The van der Waals surface area contributed by atoms with E-state index in [-0.39, 0.29) is 12.5 Å². The highest BCUT2D eigenvalue weighted by Crippen LogP contribution is 2.28. The van der Waals surface area contributed by atoms with Gasteiger partial charge in [-0.25, -0.2) is 4.79 Å². The van der Waals surface area contributed by atoms with Crippen LogP contribution in [0.15, 0.2) is 59.2 Å². The minimum absolute atomic E-state index is 0.218. The smallest absolute Gasteiger partial charge is 0.325 e. The summed E-state index contributed by atoms with van der Waals surface area (Å²) < 4.78 is 5.28. The first-order valence-electron chi connectivity index (χ1n) is 7.01. The van der Waals surface area contributed by atoms with Gasteiger partial charge in [0.15, 0.2) is 5.54 Å². The van der Waals surface area contributed by atoms with Crippen molar-refractivity contribution in [2.24, 2.45) is 0 Å². The standard InChI is InChI=1S/C17H16N2O3/c1-17(14-10-6-12-22-14)15(20)19(16(21)18-17)11-5-9-13-7-3-2-4-8-13/h2-10,12H,11H2,1H3,(H,18,21)/b9-5+. The van der Waals surface area contributed by atoms with Crippen molar-refractivity contribution in [3.63, 3.8) is 0 Å². The molecule has 3 rings (SSSR count). The fourth-order valence-corrected chi connectivity index (χ4v) is 2.45. The van der Waals surface area contributed by atoms with Crippen LogP contribution in [0.5, 0.6) is 0 Å². The first-order chi connectivity index (χ1) is 10.6. The zero-order valence-corrected chi connectivity index (χ0v) is 12.2. The number of carbonyl (C=O) groups excluding carboxylic acids is 2. The van der Waals surface area contributed by atoms with E-state index in [1.54, 1.807) is 25.1 Å². The quantitative estimate of drug-likeness (QED) is 0.882. The number of amides is 3. The Hall–Kier alpha value is -2.82. The zero-order valence-electron chi connectivity index (χ0n) is 12.2. The van der Waals surface area contributed by atoms with E-state index >= 15 is 0 Å². The van der Waals surface area contributed by atoms with Crippen LogP contribution in [-0.2, 0) is 10.3 Å². The summed E-state index contributed by atoms with van der Waals surface area (Å²) >= 11 is 0. The van der Waals surface area contributed by atoms with Crippen LogP contribution >= 0.6 is 0 Å². The molecular weight excluding hydrogens is 280 g/mol. The molecule has 1 fully saturated rings. The minimum atomic E-state index is -1.14. The lowest BCUT2D eigenvalue weighted by molar-refractivity contribution is -0.131. The molecule has 112 valence electrons. The van der Waals surface area contributed by atoms with Crippen molar-refractivity contribution in [3.8, 4) is 0 Å². The van der Waals surface area contributed by atoms with Crippen LogP contribution in [0.1, 0.15) is 18.2 Å². The van der Waals surface area contributed by atoms with E-state index in [1.807, 2.05) is 36.4 Å². The minimum Gasteiger partial charge on any atom is -0.466 e. The number of nitrogens with one attached hydrogen (secondary N) is 1. The number of hydrogen-bond acceptors (Lipinski definition) is 3. The van der Waals surface area contributed by atoms with Gasteiger partial charge in [0, 0.05) is 6.54 Å². The van der Waals surface area contributed by atoms with Crippen LogP contribution in [0.2, 0.25) is 0 Å². The van der Waals surface area contributed by atoms with Crippen LogP contribution in [-0.4, -0.2) is 23.4 Å².